The van der Waals surface area contributed by atoms with Crippen LogP contribution in [-0.4, -0.2) is 0 Å². The molecule has 2 rings (SSSR count). The molecule has 35 heavy (non-hydrogen) atoms. The van der Waals surface area contributed by atoms with Gasteiger partial charge in [-0.1, -0.05) is 148 Å². The molecule has 196 valence electrons. The van der Waals surface area contributed by atoms with E-state index in [1.165, 1.54) is 38.9 Å². The van der Waals surface area contributed by atoms with Gasteiger partial charge in [-0.05, 0) is 66.0 Å². The molecule has 0 nitrogen and oxygen atoms in total. The molecule has 0 amide bonds. The van der Waals surface area contributed by atoms with Crippen molar-refractivity contribution in [3.63, 3.8) is 0 Å². The Balaban J connectivity index is 3.14. The van der Waals surface area contributed by atoms with Gasteiger partial charge < -0.3 is 0 Å². The largest absolute Gasteiger partial charge is 0.0616 e. The van der Waals surface area contributed by atoms with Crippen molar-refractivity contribution in [2.75, 3.05) is 0 Å². The molecule has 0 fully saturated rings. The van der Waals surface area contributed by atoms with E-state index in [9.17, 15) is 0 Å². The zero-order chi connectivity index (χ0) is 27.6. The van der Waals surface area contributed by atoms with Crippen LogP contribution in [0.2, 0.25) is 0 Å². The number of benzene rings is 2. The molecule has 0 saturated heterocycles. The highest BCUT2D eigenvalue weighted by Gasteiger charge is 2.40. The predicted octanol–water partition coefficient (Wildman–Crippen LogP) is 10.5. The van der Waals surface area contributed by atoms with E-state index in [1.54, 1.807) is 0 Å². The van der Waals surface area contributed by atoms with Gasteiger partial charge in [0.2, 0.25) is 0 Å². The van der Waals surface area contributed by atoms with Crippen molar-refractivity contribution in [2.24, 2.45) is 0 Å². The molecule has 0 aliphatic heterocycles. The summed E-state index contributed by atoms with van der Waals surface area (Å²) in [5, 5.41) is 0. The van der Waals surface area contributed by atoms with Gasteiger partial charge in [-0.15, -0.1) is 0 Å². The highest BCUT2D eigenvalue weighted by Crippen LogP contribution is 2.49. The smallest absolute Gasteiger partial charge is 0.0152 e. The summed E-state index contributed by atoms with van der Waals surface area (Å²) in [7, 11) is 0. The van der Waals surface area contributed by atoms with Crippen LogP contribution in [0.15, 0.2) is 30.3 Å². The van der Waals surface area contributed by atoms with Crippen LogP contribution in [0.25, 0.3) is 0 Å². The third kappa shape index (κ3) is 5.89. The maximum Gasteiger partial charge on any atom is 0.0152 e. The van der Waals surface area contributed by atoms with Crippen LogP contribution in [0, 0.1) is 0 Å². The van der Waals surface area contributed by atoms with Crippen molar-refractivity contribution in [1.29, 1.82) is 0 Å². The topological polar surface area (TPSA) is 0 Å². The van der Waals surface area contributed by atoms with E-state index in [2.05, 4.69) is 148 Å². The Kier molecular flexibility index (Phi) is 7.44. The van der Waals surface area contributed by atoms with Gasteiger partial charge in [-0.2, -0.15) is 0 Å². The molecular formula is C35H56. The molecule has 0 N–H and O–H groups in total. The lowest BCUT2D eigenvalue weighted by atomic mass is 9.61. The lowest BCUT2D eigenvalue weighted by Gasteiger charge is -2.43. The van der Waals surface area contributed by atoms with Crippen molar-refractivity contribution in [2.45, 2.75) is 150 Å². The molecule has 0 aliphatic rings. The molecule has 2 aromatic rings. The molecule has 0 heterocycles. The van der Waals surface area contributed by atoms with E-state index in [-0.39, 0.29) is 32.5 Å². The third-order valence-electron chi connectivity index (χ3n) is 7.48. The maximum absolute atomic E-state index is 2.46. The highest BCUT2D eigenvalue weighted by atomic mass is 14.4. The Morgan fingerprint density at radius 3 is 0.971 bits per heavy atom. The number of rotatable bonds is 2. The summed E-state index contributed by atoms with van der Waals surface area (Å²) in [6.45, 7) is 40.6. The standard InChI is InChI=1S/C35H56/c1-30(2,3)23-19-18-20-25(27(23)32(7,8)9)35(16,17)26-22-21-24(31(4,5)6)28(33(10,11)12)29(26)34(13,14)15/h18-22H,1-17H3. The second-order valence-corrected chi connectivity index (χ2v) is 16.5. The van der Waals surface area contributed by atoms with Gasteiger partial charge in [-0.3, -0.25) is 0 Å². The van der Waals surface area contributed by atoms with Crippen molar-refractivity contribution in [3.8, 4) is 0 Å². The van der Waals surface area contributed by atoms with Gasteiger partial charge >= 0.3 is 0 Å². The van der Waals surface area contributed by atoms with E-state index >= 15 is 0 Å². The van der Waals surface area contributed by atoms with Gasteiger partial charge in [0, 0.05) is 5.41 Å². The molecule has 0 heteroatoms. The fourth-order valence-electron chi connectivity index (χ4n) is 5.96. The third-order valence-corrected chi connectivity index (χ3v) is 7.48. The Hall–Kier alpha value is -1.56. The second kappa shape index (κ2) is 8.78. The quantitative estimate of drug-likeness (QED) is 0.404. The minimum Gasteiger partial charge on any atom is -0.0616 e. The lowest BCUT2D eigenvalue weighted by Crippen LogP contribution is -2.35. The summed E-state index contributed by atoms with van der Waals surface area (Å²) in [6.07, 6.45) is 0. The van der Waals surface area contributed by atoms with Crippen molar-refractivity contribution < 1.29 is 0 Å². The van der Waals surface area contributed by atoms with Crippen LogP contribution in [0.1, 0.15) is 157 Å². The molecule has 0 bridgehead atoms. The van der Waals surface area contributed by atoms with Crippen molar-refractivity contribution >= 4 is 0 Å². The van der Waals surface area contributed by atoms with Crippen LogP contribution in [0.5, 0.6) is 0 Å². The van der Waals surface area contributed by atoms with Crippen LogP contribution in [0.3, 0.4) is 0 Å². The maximum atomic E-state index is 2.46. The van der Waals surface area contributed by atoms with Crippen LogP contribution < -0.4 is 0 Å². The molecule has 0 radical (unpaired) electrons. The first-order valence-electron chi connectivity index (χ1n) is 13.7. The fourth-order valence-corrected chi connectivity index (χ4v) is 5.96. The first kappa shape index (κ1) is 29.7. The molecular weight excluding hydrogens is 420 g/mol. The van der Waals surface area contributed by atoms with E-state index in [0.717, 1.165) is 0 Å². The van der Waals surface area contributed by atoms with Gasteiger partial charge in [0.25, 0.3) is 0 Å². The SMILES string of the molecule is CC(C)(C)c1cccc(C(C)(C)c2ccc(C(C)(C)C)c(C(C)(C)C)c2C(C)(C)C)c1C(C)(C)C. The van der Waals surface area contributed by atoms with Crippen molar-refractivity contribution in [1.82, 2.24) is 0 Å². The fraction of sp³-hybridized carbons (Fsp3) is 0.657. The summed E-state index contributed by atoms with van der Waals surface area (Å²) in [5.74, 6) is 0. The van der Waals surface area contributed by atoms with Crippen LogP contribution >= 0.6 is 0 Å². The predicted molar refractivity (Wildman–Crippen MR) is 159 cm³/mol. The van der Waals surface area contributed by atoms with Gasteiger partial charge in [0.15, 0.2) is 0 Å². The Morgan fingerprint density at radius 2 is 0.600 bits per heavy atom. The minimum absolute atomic E-state index is 0.0278. The minimum atomic E-state index is -0.136. The zero-order valence-corrected chi connectivity index (χ0v) is 26.4. The highest BCUT2D eigenvalue weighted by molar-refractivity contribution is 5.58. The molecule has 0 spiro atoms. The molecule has 0 unspecified atom stereocenters. The monoisotopic (exact) mass is 476 g/mol. The average Bonchev–Trinajstić information content (AvgIpc) is 2.62. The molecule has 2 aromatic carbocycles. The first-order valence-corrected chi connectivity index (χ1v) is 13.7. The summed E-state index contributed by atoms with van der Waals surface area (Å²) in [6, 6.07) is 12.0. The Labute approximate surface area is 219 Å². The van der Waals surface area contributed by atoms with E-state index in [4.69, 9.17) is 0 Å². The molecule has 0 saturated carbocycles. The van der Waals surface area contributed by atoms with Gasteiger partial charge in [-0.25, -0.2) is 0 Å². The lowest BCUT2D eigenvalue weighted by molar-refractivity contribution is 0.476. The van der Waals surface area contributed by atoms with Gasteiger partial charge in [0.1, 0.15) is 0 Å². The molecule has 0 atom stereocenters. The average molecular weight is 477 g/mol. The van der Waals surface area contributed by atoms with Crippen LogP contribution in [-0.2, 0) is 32.5 Å². The van der Waals surface area contributed by atoms with Crippen molar-refractivity contribution in [3.05, 3.63) is 69.3 Å². The molecule has 0 aromatic heterocycles. The summed E-state index contributed by atoms with van der Waals surface area (Å²) < 4.78 is 0. The van der Waals surface area contributed by atoms with E-state index in [0.29, 0.717) is 0 Å². The zero-order valence-electron chi connectivity index (χ0n) is 26.4. The summed E-state index contributed by atoms with van der Waals surface area (Å²) >= 11 is 0. The summed E-state index contributed by atoms with van der Waals surface area (Å²) in [4.78, 5) is 0. The summed E-state index contributed by atoms with van der Waals surface area (Å²) in [5.41, 5.74) is 10.6. The van der Waals surface area contributed by atoms with Crippen LogP contribution in [0.4, 0.5) is 0 Å². The van der Waals surface area contributed by atoms with Gasteiger partial charge in [0.05, 0.1) is 0 Å². The number of hydrogen-bond acceptors (Lipinski definition) is 0. The molecule has 0 aliphatic carbocycles. The normalized spacial score (nSPS) is 14.4. The Morgan fingerprint density at radius 1 is 0.314 bits per heavy atom. The Bertz CT molecular complexity index is 1060. The van der Waals surface area contributed by atoms with E-state index in [1.807, 2.05) is 0 Å². The number of hydrogen-bond donors (Lipinski definition) is 0. The first-order chi connectivity index (χ1) is 15.3. The van der Waals surface area contributed by atoms with E-state index < -0.39 is 0 Å². The second-order valence-electron chi connectivity index (χ2n) is 16.5.